The van der Waals surface area contributed by atoms with Gasteiger partial charge in [-0.2, -0.15) is 12.6 Å². The molecule has 0 amide bonds. The molecule has 0 saturated heterocycles. The molecule has 1 aromatic heterocycles. The highest BCUT2D eigenvalue weighted by atomic mass is 32.1. The Hall–Kier alpha value is -1.00. The van der Waals surface area contributed by atoms with Crippen LogP contribution in [-0.2, 0) is 12.8 Å². The van der Waals surface area contributed by atoms with Crippen LogP contribution in [0.1, 0.15) is 10.6 Å². The van der Waals surface area contributed by atoms with E-state index in [0.29, 0.717) is 0 Å². The molecule has 1 aliphatic rings. The molecule has 4 heteroatoms. The van der Waals surface area contributed by atoms with Crippen LogP contribution >= 0.6 is 24.0 Å². The van der Waals surface area contributed by atoms with Crippen molar-refractivity contribution in [2.45, 2.75) is 12.8 Å². The van der Waals surface area contributed by atoms with Gasteiger partial charge in [-0.05, 0) is 29.5 Å². The fraction of sp³-hybridized carbons (Fsp3) is 0.308. The number of aryl methyl sites for hydroxylation is 1. The number of nitrogens with zero attached hydrogens (tertiary/aromatic N) is 1. The van der Waals surface area contributed by atoms with Crippen LogP contribution in [0.15, 0.2) is 23.6 Å². The molecule has 0 unspecified atom stereocenters. The van der Waals surface area contributed by atoms with E-state index in [1.54, 1.807) is 11.3 Å². The van der Waals surface area contributed by atoms with Crippen molar-refractivity contribution in [2.24, 2.45) is 0 Å². The lowest BCUT2D eigenvalue weighted by Gasteiger charge is -2.01. The number of ether oxygens (including phenoxy) is 1. The number of aromatic nitrogens is 1. The van der Waals surface area contributed by atoms with Crippen molar-refractivity contribution in [3.63, 3.8) is 0 Å². The normalized spacial score (nSPS) is 13.5. The van der Waals surface area contributed by atoms with E-state index in [-0.39, 0.29) is 0 Å². The molecule has 0 atom stereocenters. The average Bonchev–Trinajstić information content (AvgIpc) is 2.96. The number of thiol groups is 1. The minimum atomic E-state index is 0.806. The van der Waals surface area contributed by atoms with Gasteiger partial charge in [0.05, 0.1) is 17.3 Å². The first-order chi connectivity index (χ1) is 8.36. The topological polar surface area (TPSA) is 22.1 Å². The van der Waals surface area contributed by atoms with Gasteiger partial charge in [0.15, 0.2) is 0 Å². The Kier molecular flexibility index (Phi) is 3.07. The number of fused-ring (bicyclic) bond motifs is 1. The summed E-state index contributed by atoms with van der Waals surface area (Å²) in [6, 6.07) is 6.33. The van der Waals surface area contributed by atoms with Gasteiger partial charge < -0.3 is 4.74 Å². The Bertz CT molecular complexity index is 536. The van der Waals surface area contributed by atoms with Crippen LogP contribution in [0.25, 0.3) is 11.3 Å². The molecule has 1 aliphatic heterocycles. The van der Waals surface area contributed by atoms with E-state index in [1.165, 1.54) is 11.1 Å². The lowest BCUT2D eigenvalue weighted by molar-refractivity contribution is 0.357. The monoisotopic (exact) mass is 263 g/mol. The van der Waals surface area contributed by atoms with Crippen molar-refractivity contribution in [1.29, 1.82) is 0 Å². The zero-order valence-electron chi connectivity index (χ0n) is 9.35. The number of rotatable bonds is 3. The van der Waals surface area contributed by atoms with E-state index in [2.05, 4.69) is 41.2 Å². The standard InChI is InChI=1S/C13H13NOS2/c16-6-4-13-14-11(8-17-13)9-1-2-12-10(7-9)3-5-15-12/h1-2,7-8,16H,3-6H2. The molecule has 0 fully saturated rings. The van der Waals surface area contributed by atoms with Crippen LogP contribution in [0.2, 0.25) is 0 Å². The van der Waals surface area contributed by atoms with Gasteiger partial charge in [-0.15, -0.1) is 11.3 Å². The summed E-state index contributed by atoms with van der Waals surface area (Å²) >= 11 is 5.94. The van der Waals surface area contributed by atoms with Gasteiger partial charge in [-0.1, -0.05) is 0 Å². The van der Waals surface area contributed by atoms with E-state index in [9.17, 15) is 0 Å². The van der Waals surface area contributed by atoms with E-state index in [4.69, 9.17) is 4.74 Å². The summed E-state index contributed by atoms with van der Waals surface area (Å²) in [7, 11) is 0. The number of benzene rings is 1. The summed E-state index contributed by atoms with van der Waals surface area (Å²) in [4.78, 5) is 4.62. The van der Waals surface area contributed by atoms with Crippen LogP contribution in [0.3, 0.4) is 0 Å². The van der Waals surface area contributed by atoms with Gasteiger partial charge >= 0.3 is 0 Å². The number of thiazole rings is 1. The largest absolute Gasteiger partial charge is 0.493 e. The Balaban J connectivity index is 1.92. The van der Waals surface area contributed by atoms with E-state index >= 15 is 0 Å². The predicted octanol–water partition coefficient (Wildman–Crippen LogP) is 3.22. The second-order valence-corrected chi connectivity index (χ2v) is 5.41. The molecule has 0 bridgehead atoms. The summed E-state index contributed by atoms with van der Waals surface area (Å²) in [6.07, 6.45) is 1.96. The first-order valence-corrected chi connectivity index (χ1v) is 7.19. The lowest BCUT2D eigenvalue weighted by Crippen LogP contribution is -1.86. The molecular weight excluding hydrogens is 250 g/mol. The van der Waals surface area contributed by atoms with Crippen LogP contribution < -0.4 is 4.74 Å². The van der Waals surface area contributed by atoms with Crippen LogP contribution in [-0.4, -0.2) is 17.3 Å². The molecule has 0 saturated carbocycles. The SMILES string of the molecule is SCCc1nc(-c2ccc3c(c2)CCO3)cs1. The Morgan fingerprint density at radius 1 is 1.41 bits per heavy atom. The van der Waals surface area contributed by atoms with Crippen molar-refractivity contribution in [3.05, 3.63) is 34.2 Å². The van der Waals surface area contributed by atoms with Gasteiger partial charge in [-0.3, -0.25) is 0 Å². The minimum absolute atomic E-state index is 0.806. The lowest BCUT2D eigenvalue weighted by atomic mass is 10.1. The maximum absolute atomic E-state index is 5.51. The molecule has 88 valence electrons. The second kappa shape index (κ2) is 4.70. The molecule has 0 radical (unpaired) electrons. The third-order valence-corrected chi connectivity index (χ3v) is 3.99. The second-order valence-electron chi connectivity index (χ2n) is 4.02. The summed E-state index contributed by atoms with van der Waals surface area (Å²) in [5, 5.41) is 3.28. The molecule has 1 aromatic carbocycles. The zero-order valence-corrected chi connectivity index (χ0v) is 11.1. The zero-order chi connectivity index (χ0) is 11.7. The fourth-order valence-electron chi connectivity index (χ4n) is 2.00. The van der Waals surface area contributed by atoms with E-state index < -0.39 is 0 Å². The molecule has 3 rings (SSSR count). The van der Waals surface area contributed by atoms with Crippen molar-refractivity contribution in [1.82, 2.24) is 4.98 Å². The van der Waals surface area contributed by atoms with Crippen LogP contribution in [0.4, 0.5) is 0 Å². The number of hydrogen-bond donors (Lipinski definition) is 1. The number of hydrogen-bond acceptors (Lipinski definition) is 4. The van der Waals surface area contributed by atoms with Crippen molar-refractivity contribution < 1.29 is 4.74 Å². The highest BCUT2D eigenvalue weighted by Crippen LogP contribution is 2.31. The highest BCUT2D eigenvalue weighted by molar-refractivity contribution is 7.80. The van der Waals surface area contributed by atoms with Gasteiger partial charge in [0, 0.05) is 23.8 Å². The van der Waals surface area contributed by atoms with Crippen molar-refractivity contribution in [3.8, 4) is 17.0 Å². The summed E-state index contributed by atoms with van der Waals surface area (Å²) in [5.74, 6) is 1.88. The fourth-order valence-corrected chi connectivity index (χ4v) is 3.17. The molecule has 0 aliphatic carbocycles. The maximum Gasteiger partial charge on any atom is 0.122 e. The van der Waals surface area contributed by atoms with Gasteiger partial charge in [0.1, 0.15) is 5.75 Å². The first kappa shape index (κ1) is 11.1. The Labute approximate surface area is 110 Å². The molecule has 2 aromatic rings. The predicted molar refractivity (Wildman–Crippen MR) is 74.3 cm³/mol. The summed E-state index contributed by atoms with van der Waals surface area (Å²) in [6.45, 7) is 0.806. The molecule has 0 spiro atoms. The van der Waals surface area contributed by atoms with Crippen molar-refractivity contribution >= 4 is 24.0 Å². The smallest absolute Gasteiger partial charge is 0.122 e. The summed E-state index contributed by atoms with van der Waals surface area (Å²) < 4.78 is 5.51. The Morgan fingerprint density at radius 2 is 2.35 bits per heavy atom. The molecule has 2 nitrogen and oxygen atoms in total. The molecule has 2 heterocycles. The van der Waals surface area contributed by atoms with Gasteiger partial charge in [0.2, 0.25) is 0 Å². The maximum atomic E-state index is 5.51. The van der Waals surface area contributed by atoms with Crippen LogP contribution in [0, 0.1) is 0 Å². The highest BCUT2D eigenvalue weighted by Gasteiger charge is 2.13. The molecular formula is C13H13NOS2. The third-order valence-electron chi connectivity index (χ3n) is 2.86. The van der Waals surface area contributed by atoms with Crippen LogP contribution in [0.5, 0.6) is 5.75 Å². The third kappa shape index (κ3) is 2.19. The van der Waals surface area contributed by atoms with E-state index in [0.717, 1.165) is 41.7 Å². The molecule has 17 heavy (non-hydrogen) atoms. The Morgan fingerprint density at radius 3 is 3.24 bits per heavy atom. The molecule has 0 N–H and O–H groups in total. The first-order valence-electron chi connectivity index (χ1n) is 5.68. The van der Waals surface area contributed by atoms with E-state index in [1.807, 2.05) is 0 Å². The minimum Gasteiger partial charge on any atom is -0.493 e. The van der Waals surface area contributed by atoms with Gasteiger partial charge in [-0.25, -0.2) is 4.98 Å². The van der Waals surface area contributed by atoms with Crippen molar-refractivity contribution in [2.75, 3.05) is 12.4 Å². The quantitative estimate of drug-likeness (QED) is 0.859. The summed E-state index contributed by atoms with van der Waals surface area (Å²) in [5.41, 5.74) is 3.56. The van der Waals surface area contributed by atoms with Gasteiger partial charge in [0.25, 0.3) is 0 Å². The average molecular weight is 263 g/mol.